The number of rotatable bonds is 2. The van der Waals surface area contributed by atoms with Crippen LogP contribution in [0.2, 0.25) is 0 Å². The molecule has 0 saturated heterocycles. The maximum atomic E-state index is 5.65. The van der Waals surface area contributed by atoms with Crippen molar-refractivity contribution in [3.8, 4) is 0 Å². The molecule has 0 aromatic carbocycles. The summed E-state index contributed by atoms with van der Waals surface area (Å²) >= 11 is 4.67. The highest BCUT2D eigenvalue weighted by atomic mass is 32.1. The van der Waals surface area contributed by atoms with Gasteiger partial charge in [0.1, 0.15) is 0 Å². The Morgan fingerprint density at radius 3 is 2.75 bits per heavy atom. The number of hydrogen-bond acceptors (Lipinski definition) is 3. The summed E-state index contributed by atoms with van der Waals surface area (Å²) in [6.45, 7) is 0. The second kappa shape index (κ2) is 3.82. The first kappa shape index (κ1) is 8.67. The summed E-state index contributed by atoms with van der Waals surface area (Å²) in [6.07, 6.45) is 4.87. The summed E-state index contributed by atoms with van der Waals surface area (Å²) in [7, 11) is 0. The number of pyridine rings is 1. The normalized spacial score (nSPS) is 11.2. The molecule has 1 aromatic rings. The van der Waals surface area contributed by atoms with E-state index in [-0.39, 0.29) is 4.99 Å². The standard InChI is InChI=1S/C8H9N3S/c9-7(4-8(10)12)6-2-1-3-11-5-6/h1-5H,9H2,(H2,10,12)/b7-4+. The molecule has 4 N–H and O–H groups in total. The van der Waals surface area contributed by atoms with Crippen LogP contribution < -0.4 is 11.5 Å². The van der Waals surface area contributed by atoms with Crippen LogP contribution in [0.25, 0.3) is 5.70 Å². The number of thiocarbonyl (C=S) groups is 1. The molecule has 0 aliphatic rings. The third-order valence-electron chi connectivity index (χ3n) is 1.29. The van der Waals surface area contributed by atoms with Crippen molar-refractivity contribution >= 4 is 22.9 Å². The van der Waals surface area contributed by atoms with Crippen LogP contribution >= 0.6 is 12.2 Å². The van der Waals surface area contributed by atoms with Gasteiger partial charge < -0.3 is 11.5 Å². The average molecular weight is 179 g/mol. The molecule has 4 heteroatoms. The molecule has 0 fully saturated rings. The lowest BCUT2D eigenvalue weighted by Gasteiger charge is -1.98. The van der Waals surface area contributed by atoms with Gasteiger partial charge in [-0.25, -0.2) is 0 Å². The Hall–Kier alpha value is -1.42. The molecule has 1 heterocycles. The quantitative estimate of drug-likeness (QED) is 0.517. The Labute approximate surface area is 76.1 Å². The zero-order valence-electron chi connectivity index (χ0n) is 6.40. The fourth-order valence-corrected chi connectivity index (χ4v) is 0.897. The summed E-state index contributed by atoms with van der Waals surface area (Å²) in [5.41, 5.74) is 12.3. The largest absolute Gasteiger partial charge is 0.398 e. The van der Waals surface area contributed by atoms with Crippen LogP contribution in [0.1, 0.15) is 5.56 Å². The van der Waals surface area contributed by atoms with Crippen molar-refractivity contribution in [2.24, 2.45) is 11.5 Å². The lowest BCUT2D eigenvalue weighted by Crippen LogP contribution is -2.07. The topological polar surface area (TPSA) is 64.9 Å². The van der Waals surface area contributed by atoms with Crippen molar-refractivity contribution in [3.63, 3.8) is 0 Å². The van der Waals surface area contributed by atoms with Crippen LogP contribution in [0.5, 0.6) is 0 Å². The van der Waals surface area contributed by atoms with Gasteiger partial charge in [-0.3, -0.25) is 4.98 Å². The lowest BCUT2D eigenvalue weighted by molar-refractivity contribution is 1.30. The molecule has 0 spiro atoms. The molecule has 62 valence electrons. The second-order valence-corrected chi connectivity index (χ2v) is 2.72. The molecule has 0 radical (unpaired) electrons. The van der Waals surface area contributed by atoms with E-state index in [4.69, 9.17) is 11.5 Å². The Morgan fingerprint density at radius 1 is 1.50 bits per heavy atom. The first-order valence-electron chi connectivity index (χ1n) is 3.37. The van der Waals surface area contributed by atoms with Gasteiger partial charge in [-0.1, -0.05) is 12.2 Å². The van der Waals surface area contributed by atoms with E-state index in [1.54, 1.807) is 18.5 Å². The van der Waals surface area contributed by atoms with E-state index in [9.17, 15) is 0 Å². The molecular formula is C8H9N3S. The summed E-state index contributed by atoms with van der Waals surface area (Å²) in [6, 6.07) is 3.65. The highest BCUT2D eigenvalue weighted by molar-refractivity contribution is 7.80. The predicted molar refractivity (Wildman–Crippen MR) is 53.2 cm³/mol. The Bertz CT molecular complexity index is 305. The SMILES string of the molecule is NC(=S)/C=C(/N)c1cccnc1. The van der Waals surface area contributed by atoms with Gasteiger partial charge in [-0.05, 0) is 18.2 Å². The predicted octanol–water partition coefficient (Wildman–Crippen LogP) is 0.667. The van der Waals surface area contributed by atoms with Crippen molar-refractivity contribution in [1.29, 1.82) is 0 Å². The van der Waals surface area contributed by atoms with Gasteiger partial charge in [0, 0.05) is 23.7 Å². The van der Waals surface area contributed by atoms with Gasteiger partial charge in [-0.2, -0.15) is 0 Å². The number of aromatic nitrogens is 1. The molecule has 0 atom stereocenters. The van der Waals surface area contributed by atoms with Crippen molar-refractivity contribution in [1.82, 2.24) is 4.98 Å². The van der Waals surface area contributed by atoms with E-state index in [1.165, 1.54) is 6.08 Å². The molecular weight excluding hydrogens is 170 g/mol. The minimum Gasteiger partial charge on any atom is -0.398 e. The third kappa shape index (κ3) is 2.32. The zero-order valence-corrected chi connectivity index (χ0v) is 7.21. The van der Waals surface area contributed by atoms with Gasteiger partial charge in [0.05, 0.1) is 4.99 Å². The summed E-state index contributed by atoms with van der Waals surface area (Å²) in [5.74, 6) is 0. The second-order valence-electron chi connectivity index (χ2n) is 2.24. The molecule has 0 amide bonds. The van der Waals surface area contributed by atoms with Gasteiger partial charge in [0.25, 0.3) is 0 Å². The van der Waals surface area contributed by atoms with E-state index < -0.39 is 0 Å². The van der Waals surface area contributed by atoms with Gasteiger partial charge in [0.2, 0.25) is 0 Å². The van der Waals surface area contributed by atoms with Crippen molar-refractivity contribution in [3.05, 3.63) is 36.2 Å². The monoisotopic (exact) mass is 179 g/mol. The molecule has 0 unspecified atom stereocenters. The van der Waals surface area contributed by atoms with E-state index in [0.29, 0.717) is 5.70 Å². The molecule has 0 aliphatic heterocycles. The number of nitrogens with zero attached hydrogens (tertiary/aromatic N) is 1. The summed E-state index contributed by atoms with van der Waals surface area (Å²) in [5, 5.41) is 0. The van der Waals surface area contributed by atoms with Crippen molar-refractivity contribution in [2.45, 2.75) is 0 Å². The van der Waals surface area contributed by atoms with Crippen LogP contribution in [-0.4, -0.2) is 9.97 Å². The Kier molecular flexibility index (Phi) is 2.76. The molecule has 1 rings (SSSR count). The van der Waals surface area contributed by atoms with E-state index in [1.807, 2.05) is 6.07 Å². The maximum absolute atomic E-state index is 5.65. The molecule has 0 saturated carbocycles. The first-order chi connectivity index (χ1) is 5.70. The Balaban J connectivity index is 2.93. The molecule has 1 aromatic heterocycles. The van der Waals surface area contributed by atoms with Crippen LogP contribution in [0.3, 0.4) is 0 Å². The van der Waals surface area contributed by atoms with E-state index in [0.717, 1.165) is 5.56 Å². The fraction of sp³-hybridized carbons (Fsp3) is 0. The van der Waals surface area contributed by atoms with Crippen LogP contribution in [0.15, 0.2) is 30.6 Å². The minimum absolute atomic E-state index is 0.274. The molecule has 3 nitrogen and oxygen atoms in total. The highest BCUT2D eigenvalue weighted by Gasteiger charge is 1.94. The van der Waals surface area contributed by atoms with Crippen LogP contribution in [-0.2, 0) is 0 Å². The Morgan fingerprint density at radius 2 is 2.25 bits per heavy atom. The average Bonchev–Trinajstić information content (AvgIpc) is 2.05. The number of nitrogens with two attached hydrogens (primary N) is 2. The van der Waals surface area contributed by atoms with Crippen LogP contribution in [0.4, 0.5) is 0 Å². The summed E-state index contributed by atoms with van der Waals surface area (Å²) < 4.78 is 0. The smallest absolute Gasteiger partial charge is 0.0982 e. The van der Waals surface area contributed by atoms with Crippen molar-refractivity contribution in [2.75, 3.05) is 0 Å². The van der Waals surface area contributed by atoms with Gasteiger partial charge in [0.15, 0.2) is 0 Å². The van der Waals surface area contributed by atoms with Gasteiger partial charge >= 0.3 is 0 Å². The third-order valence-corrected chi connectivity index (χ3v) is 1.41. The lowest BCUT2D eigenvalue weighted by atomic mass is 10.2. The maximum Gasteiger partial charge on any atom is 0.0982 e. The first-order valence-corrected chi connectivity index (χ1v) is 3.78. The highest BCUT2D eigenvalue weighted by Crippen LogP contribution is 2.04. The zero-order chi connectivity index (χ0) is 8.97. The fourth-order valence-electron chi connectivity index (χ4n) is 0.770. The van der Waals surface area contributed by atoms with Crippen molar-refractivity contribution < 1.29 is 0 Å². The summed E-state index contributed by atoms with van der Waals surface area (Å²) in [4.78, 5) is 4.18. The van der Waals surface area contributed by atoms with E-state index in [2.05, 4.69) is 17.2 Å². The molecule has 12 heavy (non-hydrogen) atoms. The van der Waals surface area contributed by atoms with Gasteiger partial charge in [-0.15, -0.1) is 0 Å². The van der Waals surface area contributed by atoms with E-state index >= 15 is 0 Å². The minimum atomic E-state index is 0.274. The number of hydrogen-bond donors (Lipinski definition) is 2. The van der Waals surface area contributed by atoms with Crippen LogP contribution in [0, 0.1) is 0 Å². The molecule has 0 bridgehead atoms. The molecule has 0 aliphatic carbocycles.